The molecule has 64 valence electrons. The maximum atomic E-state index is 10.9. The van der Waals surface area contributed by atoms with Crippen LogP contribution in [0.5, 0.6) is 0 Å². The van der Waals surface area contributed by atoms with Crippen LogP contribution in [0.4, 0.5) is 0 Å². The van der Waals surface area contributed by atoms with E-state index in [1.165, 1.54) is 0 Å². The van der Waals surface area contributed by atoms with Gasteiger partial charge in [0, 0.05) is 13.1 Å². The van der Waals surface area contributed by atoms with Crippen molar-refractivity contribution in [1.29, 1.82) is 0 Å². The molecule has 0 radical (unpaired) electrons. The quantitative estimate of drug-likeness (QED) is 0.512. The van der Waals surface area contributed by atoms with Crippen LogP contribution in [0.3, 0.4) is 0 Å². The topological polar surface area (TPSA) is 57.6 Å². The number of hydrogen-bond acceptors (Lipinski definition) is 4. The SMILES string of the molecule is CB(O)N1CCS(=O)(=O)CC1. The van der Waals surface area contributed by atoms with Crippen molar-refractivity contribution in [2.45, 2.75) is 6.82 Å². The maximum Gasteiger partial charge on any atom is 0.376 e. The summed E-state index contributed by atoms with van der Waals surface area (Å²) in [5.74, 6) is 0.357. The normalized spacial score (nSPS) is 24.9. The average Bonchev–Trinajstić information content (AvgIpc) is 1.86. The summed E-state index contributed by atoms with van der Waals surface area (Å²) in [6, 6.07) is 0. The third kappa shape index (κ3) is 2.46. The van der Waals surface area contributed by atoms with Gasteiger partial charge in [-0.2, -0.15) is 0 Å². The summed E-state index contributed by atoms with van der Waals surface area (Å²) in [6.45, 7) is 2.57. The van der Waals surface area contributed by atoms with Gasteiger partial charge in [0.25, 0.3) is 0 Å². The minimum atomic E-state index is -2.80. The molecule has 11 heavy (non-hydrogen) atoms. The predicted octanol–water partition coefficient (Wildman–Crippen LogP) is -1.17. The molecule has 6 heteroatoms. The molecule has 1 saturated heterocycles. The van der Waals surface area contributed by atoms with Crippen LogP contribution in [0.2, 0.25) is 6.82 Å². The van der Waals surface area contributed by atoms with E-state index in [0.29, 0.717) is 13.1 Å². The van der Waals surface area contributed by atoms with E-state index in [4.69, 9.17) is 5.02 Å². The second-order valence-electron chi connectivity index (χ2n) is 2.82. The molecule has 1 aliphatic rings. The molecule has 0 saturated carbocycles. The Morgan fingerprint density at radius 2 is 1.82 bits per heavy atom. The summed E-state index contributed by atoms with van der Waals surface area (Å²) < 4.78 is 21.8. The van der Waals surface area contributed by atoms with Crippen LogP contribution in [-0.4, -0.2) is 49.9 Å². The van der Waals surface area contributed by atoms with Gasteiger partial charge in [-0.1, -0.05) is 0 Å². The molecule has 0 spiro atoms. The van der Waals surface area contributed by atoms with Crippen LogP contribution in [0.1, 0.15) is 0 Å². The van der Waals surface area contributed by atoms with E-state index in [2.05, 4.69) is 0 Å². The van der Waals surface area contributed by atoms with Crippen molar-refractivity contribution >= 4 is 16.9 Å². The van der Waals surface area contributed by atoms with E-state index in [9.17, 15) is 8.42 Å². The number of sulfone groups is 1. The Kier molecular flexibility index (Phi) is 2.56. The Balaban J connectivity index is 2.49. The molecule has 4 nitrogen and oxygen atoms in total. The molecule has 0 amide bonds. The summed E-state index contributed by atoms with van der Waals surface area (Å²) in [5.41, 5.74) is 0. The van der Waals surface area contributed by atoms with Crippen molar-refractivity contribution in [1.82, 2.24) is 4.81 Å². The van der Waals surface area contributed by atoms with Gasteiger partial charge in [-0.3, -0.25) is 0 Å². The van der Waals surface area contributed by atoms with Crippen molar-refractivity contribution < 1.29 is 13.4 Å². The van der Waals surface area contributed by atoms with E-state index in [0.717, 1.165) is 0 Å². The lowest BCUT2D eigenvalue weighted by atomic mass is 9.85. The molecular weight excluding hydrogens is 165 g/mol. The van der Waals surface area contributed by atoms with E-state index < -0.39 is 16.9 Å². The lowest BCUT2D eigenvalue weighted by Gasteiger charge is -2.26. The van der Waals surface area contributed by atoms with Crippen molar-refractivity contribution in [3.05, 3.63) is 0 Å². The van der Waals surface area contributed by atoms with Crippen LogP contribution >= 0.6 is 0 Å². The molecule has 1 heterocycles. The van der Waals surface area contributed by atoms with Gasteiger partial charge in [0.1, 0.15) is 0 Å². The molecule has 0 aliphatic carbocycles. The molecule has 0 atom stereocenters. The third-order valence-corrected chi connectivity index (χ3v) is 3.52. The summed E-state index contributed by atoms with van der Waals surface area (Å²) in [7, 11) is -3.32. The number of rotatable bonds is 1. The third-order valence-electron chi connectivity index (χ3n) is 1.91. The van der Waals surface area contributed by atoms with E-state index in [1.807, 2.05) is 0 Å². The molecule has 0 aromatic carbocycles. The van der Waals surface area contributed by atoms with Gasteiger partial charge in [0.2, 0.25) is 0 Å². The predicted molar refractivity (Wildman–Crippen MR) is 44.1 cm³/mol. The highest BCUT2D eigenvalue weighted by Gasteiger charge is 2.25. The molecule has 0 bridgehead atoms. The lowest BCUT2D eigenvalue weighted by Crippen LogP contribution is -2.47. The van der Waals surface area contributed by atoms with E-state index in [1.54, 1.807) is 11.6 Å². The first-order chi connectivity index (χ1) is 5.01. The first-order valence-corrected chi connectivity index (χ1v) is 5.46. The first kappa shape index (κ1) is 9.03. The largest absolute Gasteiger partial charge is 0.437 e. The minimum Gasteiger partial charge on any atom is -0.437 e. The fraction of sp³-hybridized carbons (Fsp3) is 1.00. The van der Waals surface area contributed by atoms with Crippen LogP contribution in [0.25, 0.3) is 0 Å². The fourth-order valence-electron chi connectivity index (χ4n) is 1.10. The smallest absolute Gasteiger partial charge is 0.376 e. The molecule has 1 fully saturated rings. The van der Waals surface area contributed by atoms with Gasteiger partial charge >= 0.3 is 7.05 Å². The Morgan fingerprint density at radius 3 is 2.18 bits per heavy atom. The summed E-state index contributed by atoms with van der Waals surface area (Å²) in [5, 5.41) is 9.08. The molecule has 1 rings (SSSR count). The summed E-state index contributed by atoms with van der Waals surface area (Å²) >= 11 is 0. The molecule has 0 aromatic heterocycles. The average molecular weight is 177 g/mol. The molecule has 0 aromatic rings. The van der Waals surface area contributed by atoms with E-state index >= 15 is 0 Å². The Bertz CT molecular complexity index is 212. The highest BCUT2D eigenvalue weighted by Crippen LogP contribution is 2.03. The standard InChI is InChI=1S/C5H12BNO3S/c1-6(8)7-2-4-11(9,10)5-3-7/h8H,2-5H2,1H3. The number of nitrogens with zero attached hydrogens (tertiary/aromatic N) is 1. The molecule has 1 aliphatic heterocycles. The van der Waals surface area contributed by atoms with Crippen molar-refractivity contribution in [3.8, 4) is 0 Å². The van der Waals surface area contributed by atoms with Crippen LogP contribution in [0.15, 0.2) is 0 Å². The molecule has 0 unspecified atom stereocenters. The highest BCUT2D eigenvalue weighted by atomic mass is 32.2. The van der Waals surface area contributed by atoms with Crippen molar-refractivity contribution in [2.24, 2.45) is 0 Å². The van der Waals surface area contributed by atoms with Gasteiger partial charge in [0.15, 0.2) is 9.84 Å². The Labute approximate surface area is 67.3 Å². The second-order valence-corrected chi connectivity index (χ2v) is 5.12. The zero-order chi connectivity index (χ0) is 8.48. The monoisotopic (exact) mass is 177 g/mol. The second kappa shape index (κ2) is 3.12. The van der Waals surface area contributed by atoms with Gasteiger partial charge in [-0.15, -0.1) is 0 Å². The van der Waals surface area contributed by atoms with Crippen LogP contribution in [-0.2, 0) is 9.84 Å². The fourth-order valence-corrected chi connectivity index (χ4v) is 2.33. The van der Waals surface area contributed by atoms with Crippen molar-refractivity contribution in [3.63, 3.8) is 0 Å². The van der Waals surface area contributed by atoms with Crippen LogP contribution < -0.4 is 0 Å². The summed E-state index contributed by atoms with van der Waals surface area (Å²) in [4.78, 5) is 1.75. The molecular formula is C5H12BNO3S. The van der Waals surface area contributed by atoms with Crippen molar-refractivity contribution in [2.75, 3.05) is 24.6 Å². The first-order valence-electron chi connectivity index (χ1n) is 3.64. The maximum absolute atomic E-state index is 10.9. The summed E-state index contributed by atoms with van der Waals surface area (Å²) in [6.07, 6.45) is 0. The van der Waals surface area contributed by atoms with Gasteiger partial charge in [-0.25, -0.2) is 8.42 Å². The van der Waals surface area contributed by atoms with Gasteiger partial charge in [0.05, 0.1) is 11.5 Å². The van der Waals surface area contributed by atoms with E-state index in [-0.39, 0.29) is 11.5 Å². The highest BCUT2D eigenvalue weighted by molar-refractivity contribution is 7.91. The molecule has 1 N–H and O–H groups in total. The minimum absolute atomic E-state index is 0.178. The zero-order valence-electron chi connectivity index (χ0n) is 6.52. The van der Waals surface area contributed by atoms with Crippen LogP contribution in [0, 0.1) is 0 Å². The number of hydrogen-bond donors (Lipinski definition) is 1. The zero-order valence-corrected chi connectivity index (χ0v) is 7.34. The lowest BCUT2D eigenvalue weighted by molar-refractivity contribution is 0.384. The Hall–Kier alpha value is -0.0651. The van der Waals surface area contributed by atoms with Gasteiger partial charge < -0.3 is 9.83 Å². The van der Waals surface area contributed by atoms with Gasteiger partial charge in [-0.05, 0) is 6.82 Å². The Morgan fingerprint density at radius 1 is 1.36 bits per heavy atom.